The Morgan fingerprint density at radius 1 is 0.700 bits per heavy atom. The fourth-order valence-corrected chi connectivity index (χ4v) is 8.89. The van der Waals surface area contributed by atoms with Crippen LogP contribution in [0.25, 0.3) is 21.9 Å². The van der Waals surface area contributed by atoms with Gasteiger partial charge in [-0.25, -0.2) is 0 Å². The van der Waals surface area contributed by atoms with Gasteiger partial charge in [-0.2, -0.15) is 26.3 Å². The Hall–Kier alpha value is -3.10. The number of fused-ring (bicyclic) bond motifs is 8. The summed E-state index contributed by atoms with van der Waals surface area (Å²) < 4.78 is 86.1. The van der Waals surface area contributed by atoms with Crippen molar-refractivity contribution in [3.8, 4) is 16.9 Å². The molecule has 0 amide bonds. The third-order valence-electron chi connectivity index (χ3n) is 9.44. The van der Waals surface area contributed by atoms with E-state index in [4.69, 9.17) is 0 Å². The summed E-state index contributed by atoms with van der Waals surface area (Å²) in [6.45, 7) is 8.90. The van der Waals surface area contributed by atoms with Gasteiger partial charge in [-0.05, 0) is 75.9 Å². The second-order valence-corrected chi connectivity index (χ2v) is 13.5. The molecule has 0 radical (unpaired) electrons. The number of phenols is 1. The fourth-order valence-electron chi connectivity index (χ4n) is 8.89. The summed E-state index contributed by atoms with van der Waals surface area (Å²) in [7, 11) is 1.63. The van der Waals surface area contributed by atoms with Gasteiger partial charge in [0.15, 0.2) is 0 Å². The van der Waals surface area contributed by atoms with Gasteiger partial charge in [-0.3, -0.25) is 0 Å². The van der Waals surface area contributed by atoms with Crippen LogP contribution >= 0.6 is 0 Å². The second kappa shape index (κ2) is 7.59. The first-order valence-corrected chi connectivity index (χ1v) is 13.3. The van der Waals surface area contributed by atoms with E-state index in [0.29, 0.717) is 5.39 Å². The number of aromatic hydroxyl groups is 1. The van der Waals surface area contributed by atoms with E-state index in [1.807, 2.05) is 18.2 Å². The maximum atomic E-state index is 14.4. The average molecular weight is 563 g/mol. The molecule has 40 heavy (non-hydrogen) atoms. The van der Waals surface area contributed by atoms with E-state index in [-0.39, 0.29) is 43.1 Å². The standard InChI is InChI=1S/C31H32F6N2O/c1-26(2)14-27(3,4)16-28(15-26)20-10-8-7-9-17(20)25-19-12-23-22(11-18(19)24(40)13-21(25)28)38(5)29(39(23)6,30(32,33)34)31(35,36)37/h7-13,40H,14-16H2,1-6H3. The molecule has 9 heteroatoms. The molecule has 6 rings (SSSR count). The van der Waals surface area contributed by atoms with Gasteiger partial charge in [0.25, 0.3) is 0 Å². The molecule has 1 heterocycles. The van der Waals surface area contributed by atoms with Gasteiger partial charge in [0.2, 0.25) is 0 Å². The van der Waals surface area contributed by atoms with Crippen molar-refractivity contribution in [2.75, 3.05) is 23.9 Å². The summed E-state index contributed by atoms with van der Waals surface area (Å²) in [6, 6.07) is 12.2. The lowest BCUT2D eigenvalue weighted by Gasteiger charge is -2.51. The Balaban J connectivity index is 1.69. The lowest BCUT2D eigenvalue weighted by Crippen LogP contribution is -2.72. The normalized spacial score (nSPS) is 22.0. The Labute approximate surface area is 229 Å². The summed E-state index contributed by atoms with van der Waals surface area (Å²) in [4.78, 5) is 0.512. The van der Waals surface area contributed by atoms with E-state index in [9.17, 15) is 31.4 Å². The Morgan fingerprint density at radius 2 is 1.20 bits per heavy atom. The Bertz CT molecular complexity index is 1540. The maximum absolute atomic E-state index is 14.4. The first kappa shape index (κ1) is 27.1. The molecule has 3 aliphatic rings. The topological polar surface area (TPSA) is 26.7 Å². The number of rotatable bonds is 0. The Morgan fingerprint density at radius 3 is 1.73 bits per heavy atom. The molecule has 1 aliphatic heterocycles. The second-order valence-electron chi connectivity index (χ2n) is 13.5. The Kier molecular flexibility index (Phi) is 5.14. The average Bonchev–Trinajstić information content (AvgIpc) is 3.17. The first-order valence-electron chi connectivity index (χ1n) is 13.3. The molecule has 1 spiro atoms. The first-order chi connectivity index (χ1) is 18.3. The van der Waals surface area contributed by atoms with Crippen LogP contribution in [0.5, 0.6) is 5.75 Å². The SMILES string of the molecule is CN1c2cc3c(O)cc4c(c3cc2N(C)C1(C(F)(F)F)C(F)(F)F)-c1ccccc1C41CC(C)(C)CC(C)(C)C1. The molecule has 3 nitrogen and oxygen atoms in total. The van der Waals surface area contributed by atoms with Crippen LogP contribution in [0.1, 0.15) is 58.1 Å². The van der Waals surface area contributed by atoms with Gasteiger partial charge < -0.3 is 14.9 Å². The van der Waals surface area contributed by atoms with Gasteiger partial charge in [-0.15, -0.1) is 0 Å². The molecule has 1 N–H and O–H groups in total. The number of anilines is 2. The summed E-state index contributed by atoms with van der Waals surface area (Å²) in [5.74, 6) is -0.155. The molecule has 0 saturated heterocycles. The number of nitrogens with zero attached hydrogens (tertiary/aromatic N) is 2. The van der Waals surface area contributed by atoms with Crippen LogP contribution in [0.15, 0.2) is 42.5 Å². The van der Waals surface area contributed by atoms with Gasteiger partial charge in [0, 0.05) is 24.9 Å². The van der Waals surface area contributed by atoms with E-state index in [0.717, 1.165) is 55.6 Å². The largest absolute Gasteiger partial charge is 0.507 e. The van der Waals surface area contributed by atoms with E-state index < -0.39 is 23.4 Å². The van der Waals surface area contributed by atoms with Gasteiger partial charge in [0.05, 0.1) is 11.4 Å². The molecule has 214 valence electrons. The summed E-state index contributed by atoms with van der Waals surface area (Å²) >= 11 is 0. The minimum atomic E-state index is -5.65. The van der Waals surface area contributed by atoms with Crippen molar-refractivity contribution >= 4 is 22.1 Å². The van der Waals surface area contributed by atoms with Crippen LogP contribution in [0, 0.1) is 10.8 Å². The summed E-state index contributed by atoms with van der Waals surface area (Å²) in [5, 5.41) is 12.0. The van der Waals surface area contributed by atoms with Crippen molar-refractivity contribution in [2.24, 2.45) is 10.8 Å². The highest BCUT2D eigenvalue weighted by Crippen LogP contribution is 2.66. The van der Waals surface area contributed by atoms with Crippen LogP contribution in [0.3, 0.4) is 0 Å². The molecule has 0 unspecified atom stereocenters. The molecule has 1 saturated carbocycles. The summed E-state index contributed by atoms with van der Waals surface area (Å²) in [5.41, 5.74) is -1.57. The minimum Gasteiger partial charge on any atom is -0.507 e. The molecular formula is C31H32F6N2O. The lowest BCUT2D eigenvalue weighted by molar-refractivity contribution is -0.293. The molecule has 3 aromatic carbocycles. The van der Waals surface area contributed by atoms with Gasteiger partial charge in [-0.1, -0.05) is 52.0 Å². The third-order valence-corrected chi connectivity index (χ3v) is 9.44. The van der Waals surface area contributed by atoms with Crippen LogP contribution in [0.4, 0.5) is 37.7 Å². The highest BCUT2D eigenvalue weighted by atomic mass is 19.4. The van der Waals surface area contributed by atoms with Crippen LogP contribution < -0.4 is 9.80 Å². The number of benzene rings is 3. The zero-order valence-corrected chi connectivity index (χ0v) is 23.3. The third kappa shape index (κ3) is 3.20. The number of halogens is 6. The highest BCUT2D eigenvalue weighted by molar-refractivity contribution is 6.09. The lowest BCUT2D eigenvalue weighted by atomic mass is 9.52. The number of hydrogen-bond donors (Lipinski definition) is 1. The quantitative estimate of drug-likeness (QED) is 0.278. The molecule has 1 fully saturated rings. The van der Waals surface area contributed by atoms with Crippen molar-refractivity contribution in [1.29, 1.82) is 0 Å². The van der Waals surface area contributed by atoms with Gasteiger partial charge >= 0.3 is 18.0 Å². The van der Waals surface area contributed by atoms with Crippen LogP contribution in [-0.4, -0.2) is 37.2 Å². The zero-order chi connectivity index (χ0) is 29.4. The van der Waals surface area contributed by atoms with E-state index in [2.05, 4.69) is 33.8 Å². The summed E-state index contributed by atoms with van der Waals surface area (Å²) in [6.07, 6.45) is -8.70. The van der Waals surface area contributed by atoms with Crippen molar-refractivity contribution in [2.45, 2.75) is 70.4 Å². The molecule has 2 aliphatic carbocycles. The minimum absolute atomic E-state index is 0.0407. The number of alkyl halides is 6. The number of phenolic OH excluding ortho intramolecular Hbond substituents is 1. The van der Waals surface area contributed by atoms with Crippen molar-refractivity contribution < 1.29 is 31.4 Å². The smallest absolute Gasteiger partial charge is 0.440 e. The highest BCUT2D eigenvalue weighted by Gasteiger charge is 2.78. The molecule has 0 bridgehead atoms. The molecule has 3 aromatic rings. The predicted octanol–water partition coefficient (Wildman–Crippen LogP) is 8.76. The van der Waals surface area contributed by atoms with Crippen molar-refractivity contribution in [1.82, 2.24) is 0 Å². The van der Waals surface area contributed by atoms with Crippen molar-refractivity contribution in [3.05, 3.63) is 53.6 Å². The van der Waals surface area contributed by atoms with E-state index in [1.165, 1.54) is 12.1 Å². The zero-order valence-electron chi connectivity index (χ0n) is 23.3. The maximum Gasteiger partial charge on any atom is 0.440 e. The van der Waals surface area contributed by atoms with Crippen molar-refractivity contribution in [3.63, 3.8) is 0 Å². The van der Waals surface area contributed by atoms with E-state index >= 15 is 0 Å². The van der Waals surface area contributed by atoms with Gasteiger partial charge in [0.1, 0.15) is 5.75 Å². The van der Waals surface area contributed by atoms with Crippen LogP contribution in [0.2, 0.25) is 0 Å². The van der Waals surface area contributed by atoms with Crippen LogP contribution in [-0.2, 0) is 5.41 Å². The molecule has 0 aromatic heterocycles. The molecular weight excluding hydrogens is 530 g/mol. The fraction of sp³-hybridized carbons (Fsp3) is 0.484. The monoisotopic (exact) mass is 562 g/mol. The van der Waals surface area contributed by atoms with E-state index in [1.54, 1.807) is 6.07 Å². The predicted molar refractivity (Wildman–Crippen MR) is 145 cm³/mol. The molecule has 0 atom stereocenters. The number of hydrogen-bond acceptors (Lipinski definition) is 3.